The highest BCUT2D eigenvalue weighted by molar-refractivity contribution is 7.80. The molecular formula is C16H15N3OS. The molecule has 21 heavy (non-hydrogen) atoms. The SMILES string of the molecule is O=C(Nc1ccc(N2C=NCC2)cc1)c1ccc(S)cc1. The second-order valence-corrected chi connectivity index (χ2v) is 5.28. The van der Waals surface area contributed by atoms with Gasteiger partial charge in [0.25, 0.3) is 5.91 Å². The van der Waals surface area contributed by atoms with E-state index in [0.29, 0.717) is 5.56 Å². The fourth-order valence-corrected chi connectivity index (χ4v) is 2.28. The van der Waals surface area contributed by atoms with Crippen molar-refractivity contribution in [3.8, 4) is 0 Å². The second kappa shape index (κ2) is 6.01. The number of nitrogens with one attached hydrogen (secondary N) is 1. The predicted molar refractivity (Wildman–Crippen MR) is 88.8 cm³/mol. The summed E-state index contributed by atoms with van der Waals surface area (Å²) in [7, 11) is 0. The predicted octanol–water partition coefficient (Wildman–Crippen LogP) is 3.08. The normalized spacial score (nSPS) is 13.5. The highest BCUT2D eigenvalue weighted by atomic mass is 32.1. The topological polar surface area (TPSA) is 44.7 Å². The Morgan fingerprint density at radius 1 is 1.10 bits per heavy atom. The molecule has 0 unspecified atom stereocenters. The van der Waals surface area contributed by atoms with Crippen molar-refractivity contribution in [2.45, 2.75) is 4.90 Å². The molecule has 1 aliphatic rings. The lowest BCUT2D eigenvalue weighted by Crippen LogP contribution is -2.18. The number of hydrogen-bond donors (Lipinski definition) is 2. The number of aliphatic imine (C=N–C) groups is 1. The summed E-state index contributed by atoms with van der Waals surface area (Å²) in [6, 6.07) is 14.9. The summed E-state index contributed by atoms with van der Waals surface area (Å²) in [6.07, 6.45) is 1.84. The summed E-state index contributed by atoms with van der Waals surface area (Å²) in [5.41, 5.74) is 2.46. The van der Waals surface area contributed by atoms with Gasteiger partial charge in [-0.25, -0.2) is 0 Å². The minimum absolute atomic E-state index is 0.126. The third-order valence-corrected chi connectivity index (χ3v) is 3.58. The monoisotopic (exact) mass is 297 g/mol. The van der Waals surface area contributed by atoms with Crippen LogP contribution in [-0.2, 0) is 0 Å². The molecule has 0 fully saturated rings. The lowest BCUT2D eigenvalue weighted by atomic mass is 10.2. The van der Waals surface area contributed by atoms with Crippen molar-refractivity contribution >= 4 is 36.2 Å². The van der Waals surface area contributed by atoms with E-state index in [0.717, 1.165) is 29.4 Å². The van der Waals surface area contributed by atoms with E-state index in [-0.39, 0.29) is 5.91 Å². The third kappa shape index (κ3) is 3.25. The molecule has 4 nitrogen and oxygen atoms in total. The number of thiol groups is 1. The number of carbonyl (C=O) groups is 1. The summed E-state index contributed by atoms with van der Waals surface area (Å²) in [6.45, 7) is 1.74. The number of benzene rings is 2. The van der Waals surface area contributed by atoms with E-state index in [4.69, 9.17) is 0 Å². The maximum atomic E-state index is 12.1. The van der Waals surface area contributed by atoms with Gasteiger partial charge >= 0.3 is 0 Å². The van der Waals surface area contributed by atoms with Crippen LogP contribution in [0.25, 0.3) is 0 Å². The lowest BCUT2D eigenvalue weighted by molar-refractivity contribution is 0.102. The smallest absolute Gasteiger partial charge is 0.255 e. The van der Waals surface area contributed by atoms with Gasteiger partial charge in [-0.1, -0.05) is 0 Å². The molecule has 1 aliphatic heterocycles. The standard InChI is InChI=1S/C16H15N3OS/c20-16(12-1-7-15(21)8-2-12)18-13-3-5-14(6-4-13)19-10-9-17-11-19/h1-8,11,21H,9-10H2,(H,18,20). The first-order valence-corrected chi connectivity index (χ1v) is 7.14. The maximum Gasteiger partial charge on any atom is 0.255 e. The fraction of sp³-hybridized carbons (Fsp3) is 0.125. The quantitative estimate of drug-likeness (QED) is 0.855. The average molecular weight is 297 g/mol. The van der Waals surface area contributed by atoms with Crippen LogP contribution in [0.5, 0.6) is 0 Å². The van der Waals surface area contributed by atoms with Gasteiger partial charge in [0.15, 0.2) is 0 Å². The van der Waals surface area contributed by atoms with Crippen molar-refractivity contribution in [3.63, 3.8) is 0 Å². The molecule has 0 atom stereocenters. The van der Waals surface area contributed by atoms with E-state index < -0.39 is 0 Å². The molecule has 3 rings (SSSR count). The number of nitrogens with zero attached hydrogens (tertiary/aromatic N) is 2. The summed E-state index contributed by atoms with van der Waals surface area (Å²) in [5.74, 6) is -0.126. The minimum Gasteiger partial charge on any atom is -0.331 e. The van der Waals surface area contributed by atoms with E-state index in [1.807, 2.05) is 30.6 Å². The van der Waals surface area contributed by atoms with E-state index in [1.165, 1.54) is 0 Å². The third-order valence-electron chi connectivity index (χ3n) is 3.28. The summed E-state index contributed by atoms with van der Waals surface area (Å²) >= 11 is 4.21. The Balaban J connectivity index is 1.68. The molecular weight excluding hydrogens is 282 g/mol. The van der Waals surface area contributed by atoms with Crippen LogP contribution in [-0.4, -0.2) is 25.3 Å². The molecule has 1 N–H and O–H groups in total. The summed E-state index contributed by atoms with van der Waals surface area (Å²) in [5, 5.41) is 2.88. The van der Waals surface area contributed by atoms with Crippen LogP contribution < -0.4 is 10.2 Å². The van der Waals surface area contributed by atoms with Crippen molar-refractivity contribution in [1.29, 1.82) is 0 Å². The largest absolute Gasteiger partial charge is 0.331 e. The van der Waals surface area contributed by atoms with Gasteiger partial charge in [-0.3, -0.25) is 9.79 Å². The molecule has 0 aromatic heterocycles. The van der Waals surface area contributed by atoms with Crippen LogP contribution in [0.3, 0.4) is 0 Å². The molecule has 0 radical (unpaired) electrons. The van der Waals surface area contributed by atoms with Gasteiger partial charge in [0.2, 0.25) is 0 Å². The van der Waals surface area contributed by atoms with E-state index in [1.54, 1.807) is 24.3 Å². The van der Waals surface area contributed by atoms with E-state index in [2.05, 4.69) is 27.8 Å². The van der Waals surface area contributed by atoms with Crippen LogP contribution in [0.15, 0.2) is 58.4 Å². The van der Waals surface area contributed by atoms with Gasteiger partial charge < -0.3 is 10.2 Å². The highest BCUT2D eigenvalue weighted by Crippen LogP contribution is 2.19. The van der Waals surface area contributed by atoms with E-state index in [9.17, 15) is 4.79 Å². The molecule has 1 amide bonds. The molecule has 0 saturated heterocycles. The Labute approximate surface area is 128 Å². The Bertz CT molecular complexity index is 665. The molecule has 2 aromatic rings. The zero-order chi connectivity index (χ0) is 14.7. The van der Waals surface area contributed by atoms with Crippen molar-refractivity contribution in [2.24, 2.45) is 4.99 Å². The van der Waals surface area contributed by atoms with Crippen molar-refractivity contribution in [2.75, 3.05) is 23.3 Å². The van der Waals surface area contributed by atoms with Gasteiger partial charge in [-0.2, -0.15) is 0 Å². The second-order valence-electron chi connectivity index (χ2n) is 4.76. The van der Waals surface area contributed by atoms with Gasteiger partial charge in [0.1, 0.15) is 0 Å². The summed E-state index contributed by atoms with van der Waals surface area (Å²) in [4.78, 5) is 19.2. The molecule has 2 aromatic carbocycles. The van der Waals surface area contributed by atoms with Crippen molar-refractivity contribution in [3.05, 3.63) is 54.1 Å². The lowest BCUT2D eigenvalue weighted by Gasteiger charge is -2.14. The molecule has 1 heterocycles. The molecule has 0 spiro atoms. The Kier molecular flexibility index (Phi) is 3.92. The number of carbonyl (C=O) groups excluding carboxylic acids is 1. The zero-order valence-electron chi connectivity index (χ0n) is 11.4. The van der Waals surface area contributed by atoms with Gasteiger partial charge in [-0.05, 0) is 48.5 Å². The Hall–Kier alpha value is -2.27. The van der Waals surface area contributed by atoms with Crippen molar-refractivity contribution in [1.82, 2.24) is 0 Å². The first kappa shape index (κ1) is 13.7. The molecule has 0 saturated carbocycles. The zero-order valence-corrected chi connectivity index (χ0v) is 12.3. The maximum absolute atomic E-state index is 12.1. The molecule has 5 heteroatoms. The first-order chi connectivity index (χ1) is 10.2. The summed E-state index contributed by atoms with van der Waals surface area (Å²) < 4.78 is 0. The van der Waals surface area contributed by atoms with Gasteiger partial charge in [-0.15, -0.1) is 12.6 Å². The molecule has 0 aliphatic carbocycles. The van der Waals surface area contributed by atoms with Gasteiger partial charge in [0, 0.05) is 28.4 Å². The number of amides is 1. The molecule has 0 bridgehead atoms. The number of hydrogen-bond acceptors (Lipinski definition) is 4. The van der Waals surface area contributed by atoms with Crippen LogP contribution in [0.2, 0.25) is 0 Å². The van der Waals surface area contributed by atoms with Crippen LogP contribution in [0.4, 0.5) is 11.4 Å². The van der Waals surface area contributed by atoms with Gasteiger partial charge in [0.05, 0.1) is 12.9 Å². The molecule has 106 valence electrons. The van der Waals surface area contributed by atoms with Crippen molar-refractivity contribution < 1.29 is 4.79 Å². The fourth-order valence-electron chi connectivity index (χ4n) is 2.13. The highest BCUT2D eigenvalue weighted by Gasteiger charge is 2.09. The number of rotatable bonds is 3. The Morgan fingerprint density at radius 2 is 1.81 bits per heavy atom. The van der Waals surface area contributed by atoms with E-state index >= 15 is 0 Å². The van der Waals surface area contributed by atoms with Crippen LogP contribution in [0, 0.1) is 0 Å². The Morgan fingerprint density at radius 3 is 2.43 bits per heavy atom. The van der Waals surface area contributed by atoms with Crippen LogP contribution >= 0.6 is 12.6 Å². The van der Waals surface area contributed by atoms with Crippen LogP contribution in [0.1, 0.15) is 10.4 Å². The average Bonchev–Trinajstić information content (AvgIpc) is 3.03. The first-order valence-electron chi connectivity index (χ1n) is 6.69. The minimum atomic E-state index is -0.126. The number of anilines is 2.